The molecule has 0 spiro atoms. The van der Waals surface area contributed by atoms with Gasteiger partial charge in [-0.25, -0.2) is 0 Å². The molecule has 276 valence electrons. The van der Waals surface area contributed by atoms with Crippen LogP contribution in [0.1, 0.15) is 160 Å². The summed E-state index contributed by atoms with van der Waals surface area (Å²) in [5.74, 6) is -3.22. The third kappa shape index (κ3) is 59.9. The Hall–Kier alpha value is -1.47. The maximum Gasteiger partial charge on any atom is 1.00 e. The summed E-state index contributed by atoms with van der Waals surface area (Å²) >= 11 is 0. The summed E-state index contributed by atoms with van der Waals surface area (Å²) in [6.45, 7) is 24.6. The minimum atomic E-state index is -1.31. The second kappa shape index (κ2) is 31.5. The number of carboxylic acids is 2. The summed E-state index contributed by atoms with van der Waals surface area (Å²) in [5.41, 5.74) is 0.782. The fraction of sp³-hybridized carbons (Fsp3) is 0.806. The average molecular weight is 713 g/mol. The number of ketones is 3. The van der Waals surface area contributed by atoms with Crippen molar-refractivity contribution in [2.75, 3.05) is 13.2 Å². The fourth-order valence-electron chi connectivity index (χ4n) is 3.53. The molecule has 0 aromatic rings. The van der Waals surface area contributed by atoms with E-state index in [-0.39, 0.29) is 97.8 Å². The Morgan fingerprint density at radius 3 is 1.04 bits per heavy atom. The number of aliphatic carboxylic acids is 2. The quantitative estimate of drug-likeness (QED) is 0.133. The summed E-state index contributed by atoms with van der Waals surface area (Å²) in [6.07, 6.45) is 6.13. The molecule has 0 saturated heterocycles. The number of Topliss-reactive ketones (excluding diaryl/α,β-unsaturated/α-hetero) is 3. The van der Waals surface area contributed by atoms with Gasteiger partial charge in [0.1, 0.15) is 30.2 Å². The summed E-state index contributed by atoms with van der Waals surface area (Å²) < 4.78 is 9.40. The maximum absolute atomic E-state index is 11.3. The van der Waals surface area contributed by atoms with Crippen LogP contribution in [0.3, 0.4) is 0 Å². The van der Waals surface area contributed by atoms with Crippen LogP contribution in [0.15, 0.2) is 0 Å². The van der Waals surface area contributed by atoms with E-state index in [0.29, 0.717) is 32.5 Å². The molecule has 0 atom stereocenters. The Kier molecular flexibility index (Phi) is 36.7. The van der Waals surface area contributed by atoms with E-state index in [0.717, 1.165) is 38.5 Å². The van der Waals surface area contributed by atoms with Crippen LogP contribution in [-0.2, 0) is 43.0 Å². The van der Waals surface area contributed by atoms with Crippen molar-refractivity contribution in [3.63, 3.8) is 0 Å². The number of hydrogen-bond acceptors (Lipinski definition) is 10. The number of hydrogen-bond donors (Lipinski definition) is 1. The Bertz CT molecular complexity index is 877. The number of carbonyl (C=O) groups excluding carboxylic acids is 6. The molecule has 1 N–H and O–H groups in total. The van der Waals surface area contributed by atoms with Crippen molar-refractivity contribution in [2.24, 2.45) is 16.2 Å². The van der Waals surface area contributed by atoms with E-state index in [9.17, 15) is 38.7 Å². The Balaban J connectivity index is -0.000000177. The number of ether oxygens (including phenoxy) is 2. The molecule has 0 heterocycles. The molecule has 0 amide bonds. The van der Waals surface area contributed by atoms with Gasteiger partial charge in [0, 0.05) is 31.7 Å². The van der Waals surface area contributed by atoms with Crippen molar-refractivity contribution in [2.45, 2.75) is 160 Å². The van der Waals surface area contributed by atoms with Crippen LogP contribution in [0.4, 0.5) is 0 Å². The van der Waals surface area contributed by atoms with E-state index in [1.165, 1.54) is 6.92 Å². The molecule has 0 radical (unpaired) electrons. The third-order valence-corrected chi connectivity index (χ3v) is 5.77. The van der Waals surface area contributed by atoms with Gasteiger partial charge in [-0.05, 0) is 75.5 Å². The first-order valence-corrected chi connectivity index (χ1v) is 16.5. The molecule has 0 saturated carbocycles. The van der Waals surface area contributed by atoms with Crippen molar-refractivity contribution in [3.05, 3.63) is 0 Å². The molecule has 12 heteroatoms. The van der Waals surface area contributed by atoms with Crippen molar-refractivity contribution >= 4 is 41.2 Å². The molecule has 0 aromatic heterocycles. The van der Waals surface area contributed by atoms with E-state index >= 15 is 0 Å². The van der Waals surface area contributed by atoms with Gasteiger partial charge in [-0.3, -0.25) is 28.8 Å². The molecule has 48 heavy (non-hydrogen) atoms. The van der Waals surface area contributed by atoms with Crippen LogP contribution < -0.4 is 56.5 Å². The Morgan fingerprint density at radius 2 is 0.854 bits per heavy atom. The van der Waals surface area contributed by atoms with Crippen LogP contribution in [-0.4, -0.2) is 59.5 Å². The maximum atomic E-state index is 11.3. The Labute approximate surface area is 332 Å². The topological polar surface area (TPSA) is 181 Å². The predicted octanol–water partition coefficient (Wildman–Crippen LogP) is 3.46. The molecule has 0 bridgehead atoms. The second-order valence-electron chi connectivity index (χ2n) is 14.9. The van der Waals surface area contributed by atoms with Gasteiger partial charge in [0.15, 0.2) is 0 Å². The minimum Gasteiger partial charge on any atom is -0.550 e. The smallest absolute Gasteiger partial charge is 0.550 e. The molecule has 0 aliphatic heterocycles. The molecule has 0 aromatic carbocycles. The van der Waals surface area contributed by atoms with Crippen molar-refractivity contribution in [1.29, 1.82) is 0 Å². The normalized spacial score (nSPS) is 10.6. The van der Waals surface area contributed by atoms with Crippen LogP contribution >= 0.6 is 0 Å². The van der Waals surface area contributed by atoms with Crippen LogP contribution in [0.2, 0.25) is 0 Å². The Morgan fingerprint density at radius 1 is 0.562 bits per heavy atom. The SMILES string of the molecule is CC(=O)CC(=O)[O-].CC(C)(C)CCCC(=O)O.CCOC(=O)CC(=O)CCCC(C)(C)C.CCOC(=O)CC(=O)CCCC(C)(C)C.[K+]. The van der Waals surface area contributed by atoms with E-state index in [2.05, 4.69) is 62.3 Å². The van der Waals surface area contributed by atoms with E-state index in [1.54, 1.807) is 13.8 Å². The number of rotatable bonds is 17. The first-order valence-electron chi connectivity index (χ1n) is 16.5. The number of carboxylic acid groups (broad SMARTS) is 2. The van der Waals surface area contributed by atoms with Gasteiger partial charge in [0.05, 0.1) is 13.2 Å². The molecule has 0 aliphatic carbocycles. The van der Waals surface area contributed by atoms with Crippen molar-refractivity contribution in [3.8, 4) is 0 Å². The summed E-state index contributed by atoms with van der Waals surface area (Å²) in [7, 11) is 0. The first-order chi connectivity index (χ1) is 21.2. The third-order valence-electron chi connectivity index (χ3n) is 5.77. The number of carbonyl (C=O) groups is 7. The van der Waals surface area contributed by atoms with Crippen LogP contribution in [0.5, 0.6) is 0 Å². The summed E-state index contributed by atoms with van der Waals surface area (Å²) in [5, 5.41) is 17.8. The number of esters is 2. The second-order valence-corrected chi connectivity index (χ2v) is 14.9. The molecule has 0 fully saturated rings. The van der Waals surface area contributed by atoms with Crippen LogP contribution in [0, 0.1) is 16.2 Å². The standard InChI is InChI=1S/2C12H22O3.C8H16O2.C4H6O3.K/c2*1-5-15-11(14)9-10(13)7-6-8-12(2,3)4;1-8(2,3)6-4-5-7(9)10;1-3(5)2-4(6)7;/h2*5-9H2,1-4H3;4-6H2,1-3H3,(H,9,10);2H2,1H3,(H,6,7);/q;;;;+1/p-1. The van der Waals surface area contributed by atoms with Gasteiger partial charge >= 0.3 is 69.3 Å². The van der Waals surface area contributed by atoms with E-state index in [4.69, 9.17) is 14.6 Å². The van der Waals surface area contributed by atoms with Crippen molar-refractivity contribution in [1.82, 2.24) is 0 Å². The minimum absolute atomic E-state index is 0. The molecule has 11 nitrogen and oxygen atoms in total. The zero-order valence-corrected chi connectivity index (χ0v) is 35.6. The van der Waals surface area contributed by atoms with Gasteiger partial charge < -0.3 is 24.5 Å². The monoisotopic (exact) mass is 712 g/mol. The molecule has 0 rings (SSSR count). The summed E-state index contributed by atoms with van der Waals surface area (Å²) in [4.78, 5) is 74.0. The van der Waals surface area contributed by atoms with Crippen LogP contribution in [0.25, 0.3) is 0 Å². The fourth-order valence-corrected chi connectivity index (χ4v) is 3.53. The van der Waals surface area contributed by atoms with E-state index in [1.807, 2.05) is 0 Å². The van der Waals surface area contributed by atoms with Gasteiger partial charge in [0.2, 0.25) is 0 Å². The van der Waals surface area contributed by atoms with Gasteiger partial charge in [-0.1, -0.05) is 62.3 Å². The van der Waals surface area contributed by atoms with Gasteiger partial charge in [-0.15, -0.1) is 0 Å². The van der Waals surface area contributed by atoms with Gasteiger partial charge in [-0.2, -0.15) is 0 Å². The molecular formula is C36H65KO11. The molecule has 0 unspecified atom stereocenters. The van der Waals surface area contributed by atoms with Crippen molar-refractivity contribution < 1.29 is 105 Å². The van der Waals surface area contributed by atoms with Gasteiger partial charge in [0.25, 0.3) is 0 Å². The summed E-state index contributed by atoms with van der Waals surface area (Å²) in [6, 6.07) is 0. The van der Waals surface area contributed by atoms with E-state index < -0.39 is 30.3 Å². The largest absolute Gasteiger partial charge is 1.00 e. The predicted molar refractivity (Wildman–Crippen MR) is 180 cm³/mol. The molecule has 0 aliphatic rings. The molecular weight excluding hydrogens is 647 g/mol. The first kappa shape index (κ1) is 55.9. The zero-order chi connectivity index (χ0) is 37.9. The zero-order valence-electron chi connectivity index (χ0n) is 32.4. The average Bonchev–Trinajstić information content (AvgIpc) is 2.82.